The van der Waals surface area contributed by atoms with E-state index in [4.69, 9.17) is 0 Å². The fourth-order valence-corrected chi connectivity index (χ4v) is 3.74. The number of hydrogen-bond donors (Lipinski definition) is 2. The standard InChI is InChI=1S/C16H23NO3S/c1-2-21(20)15-9-4-3-8-14(15)16(19)17-11-12-6-5-7-13(18)10-12/h3-4,8-9,12-13,18H,2,5-7,10-11H2,1H3,(H,17,19). The summed E-state index contributed by atoms with van der Waals surface area (Å²) in [4.78, 5) is 12.9. The van der Waals surface area contributed by atoms with Crippen LogP contribution in [0.3, 0.4) is 0 Å². The van der Waals surface area contributed by atoms with E-state index in [9.17, 15) is 14.1 Å². The van der Waals surface area contributed by atoms with Crippen molar-refractivity contribution in [3.05, 3.63) is 29.8 Å². The highest BCUT2D eigenvalue weighted by molar-refractivity contribution is 7.85. The molecule has 1 aromatic rings. The average Bonchev–Trinajstić information content (AvgIpc) is 2.52. The molecule has 1 fully saturated rings. The van der Waals surface area contributed by atoms with Gasteiger partial charge in [0.25, 0.3) is 5.91 Å². The fourth-order valence-electron chi connectivity index (χ4n) is 2.79. The Bertz CT molecular complexity index is 518. The normalized spacial score (nSPS) is 23.5. The van der Waals surface area contributed by atoms with Gasteiger partial charge in [-0.15, -0.1) is 0 Å². The van der Waals surface area contributed by atoms with Crippen LogP contribution in [0.5, 0.6) is 0 Å². The minimum Gasteiger partial charge on any atom is -0.393 e. The minimum absolute atomic E-state index is 0.174. The van der Waals surface area contributed by atoms with E-state index in [-0.39, 0.29) is 12.0 Å². The summed E-state index contributed by atoms with van der Waals surface area (Å²) < 4.78 is 12.0. The maximum absolute atomic E-state index is 12.3. The molecule has 1 saturated carbocycles. The largest absolute Gasteiger partial charge is 0.393 e. The van der Waals surface area contributed by atoms with Crippen molar-refractivity contribution in [2.75, 3.05) is 12.3 Å². The monoisotopic (exact) mass is 309 g/mol. The third-order valence-corrected chi connectivity index (χ3v) is 5.32. The van der Waals surface area contributed by atoms with Gasteiger partial charge in [0.1, 0.15) is 0 Å². The number of rotatable bonds is 5. The third-order valence-electron chi connectivity index (χ3n) is 3.95. The van der Waals surface area contributed by atoms with Crippen molar-refractivity contribution in [1.29, 1.82) is 0 Å². The molecule has 3 unspecified atom stereocenters. The van der Waals surface area contributed by atoms with Gasteiger partial charge in [-0.2, -0.15) is 0 Å². The molecule has 1 aliphatic carbocycles. The number of amides is 1. The SMILES string of the molecule is CCS(=O)c1ccccc1C(=O)NCC1CCCC(O)C1. The lowest BCUT2D eigenvalue weighted by Gasteiger charge is -2.26. The van der Waals surface area contributed by atoms with Crippen LogP contribution in [0.15, 0.2) is 29.2 Å². The smallest absolute Gasteiger partial charge is 0.252 e. The molecule has 2 rings (SSSR count). The topological polar surface area (TPSA) is 66.4 Å². The lowest BCUT2D eigenvalue weighted by atomic mass is 9.87. The first-order valence-corrected chi connectivity index (χ1v) is 8.87. The van der Waals surface area contributed by atoms with Gasteiger partial charge in [-0.3, -0.25) is 9.00 Å². The van der Waals surface area contributed by atoms with Crippen molar-refractivity contribution < 1.29 is 14.1 Å². The summed E-state index contributed by atoms with van der Waals surface area (Å²) in [5.41, 5.74) is 0.494. The zero-order valence-electron chi connectivity index (χ0n) is 12.4. The fraction of sp³-hybridized carbons (Fsp3) is 0.562. The van der Waals surface area contributed by atoms with Crippen LogP contribution in [0.4, 0.5) is 0 Å². The first-order valence-electron chi connectivity index (χ1n) is 7.55. The molecule has 116 valence electrons. The van der Waals surface area contributed by atoms with Crippen LogP contribution in [0, 0.1) is 5.92 Å². The van der Waals surface area contributed by atoms with Gasteiger partial charge in [-0.25, -0.2) is 0 Å². The number of hydrogen-bond acceptors (Lipinski definition) is 3. The van der Waals surface area contributed by atoms with E-state index in [0.717, 1.165) is 25.7 Å². The summed E-state index contributed by atoms with van der Waals surface area (Å²) >= 11 is 0. The summed E-state index contributed by atoms with van der Waals surface area (Å²) in [5, 5.41) is 12.6. The second kappa shape index (κ2) is 7.71. The van der Waals surface area contributed by atoms with Gasteiger partial charge >= 0.3 is 0 Å². The Morgan fingerprint density at radius 2 is 2.14 bits per heavy atom. The van der Waals surface area contributed by atoms with Gasteiger partial charge in [0, 0.05) is 12.3 Å². The summed E-state index contributed by atoms with van der Waals surface area (Å²) in [6, 6.07) is 7.06. The Balaban J connectivity index is 1.99. The predicted molar refractivity (Wildman–Crippen MR) is 83.7 cm³/mol. The third kappa shape index (κ3) is 4.38. The molecule has 0 saturated heterocycles. The van der Waals surface area contributed by atoms with Gasteiger partial charge in [0.05, 0.1) is 27.4 Å². The zero-order chi connectivity index (χ0) is 15.2. The number of benzene rings is 1. The molecule has 0 aromatic heterocycles. The van der Waals surface area contributed by atoms with Crippen molar-refractivity contribution in [1.82, 2.24) is 5.32 Å². The molecule has 0 bridgehead atoms. The molecule has 0 heterocycles. The number of carbonyl (C=O) groups excluding carboxylic acids is 1. The molecule has 0 radical (unpaired) electrons. The Morgan fingerprint density at radius 3 is 2.86 bits per heavy atom. The minimum atomic E-state index is -1.14. The molecule has 2 N–H and O–H groups in total. The van der Waals surface area contributed by atoms with Gasteiger partial charge in [-0.05, 0) is 37.3 Å². The first kappa shape index (κ1) is 16.2. The Hall–Kier alpha value is -1.20. The van der Waals surface area contributed by atoms with E-state index in [1.807, 2.05) is 6.92 Å². The van der Waals surface area contributed by atoms with Crippen LogP contribution in [-0.4, -0.2) is 33.6 Å². The van der Waals surface area contributed by atoms with Crippen LogP contribution in [0.2, 0.25) is 0 Å². The molecule has 1 aliphatic rings. The highest BCUT2D eigenvalue weighted by Gasteiger charge is 2.21. The number of aliphatic hydroxyl groups excluding tert-OH is 1. The van der Waals surface area contributed by atoms with Crippen molar-refractivity contribution in [2.45, 2.75) is 43.6 Å². The van der Waals surface area contributed by atoms with Crippen LogP contribution in [0.25, 0.3) is 0 Å². The van der Waals surface area contributed by atoms with E-state index >= 15 is 0 Å². The van der Waals surface area contributed by atoms with Crippen LogP contribution < -0.4 is 5.32 Å². The zero-order valence-corrected chi connectivity index (χ0v) is 13.2. The molecular weight excluding hydrogens is 286 g/mol. The lowest BCUT2D eigenvalue weighted by molar-refractivity contribution is 0.0871. The maximum Gasteiger partial charge on any atom is 0.252 e. The Morgan fingerprint density at radius 1 is 1.38 bits per heavy atom. The van der Waals surface area contributed by atoms with Gasteiger partial charge < -0.3 is 10.4 Å². The highest BCUT2D eigenvalue weighted by atomic mass is 32.2. The Labute approximate surface area is 128 Å². The lowest BCUT2D eigenvalue weighted by Crippen LogP contribution is -2.33. The van der Waals surface area contributed by atoms with E-state index in [1.165, 1.54) is 0 Å². The van der Waals surface area contributed by atoms with E-state index in [2.05, 4.69) is 5.32 Å². The van der Waals surface area contributed by atoms with Gasteiger partial charge in [0.2, 0.25) is 0 Å². The maximum atomic E-state index is 12.3. The van der Waals surface area contributed by atoms with E-state index in [0.29, 0.717) is 28.7 Å². The molecule has 4 nitrogen and oxygen atoms in total. The van der Waals surface area contributed by atoms with Crippen molar-refractivity contribution in [2.24, 2.45) is 5.92 Å². The van der Waals surface area contributed by atoms with Crippen molar-refractivity contribution in [3.63, 3.8) is 0 Å². The van der Waals surface area contributed by atoms with Crippen LogP contribution in [0.1, 0.15) is 43.0 Å². The summed E-state index contributed by atoms with van der Waals surface area (Å²) in [5.74, 6) is 0.660. The van der Waals surface area contributed by atoms with Crippen molar-refractivity contribution in [3.8, 4) is 0 Å². The number of nitrogens with one attached hydrogen (secondary N) is 1. The number of carbonyl (C=O) groups is 1. The van der Waals surface area contributed by atoms with Gasteiger partial charge in [-0.1, -0.05) is 25.5 Å². The van der Waals surface area contributed by atoms with Crippen LogP contribution >= 0.6 is 0 Å². The quantitative estimate of drug-likeness (QED) is 0.875. The van der Waals surface area contributed by atoms with Gasteiger partial charge in [0.15, 0.2) is 0 Å². The molecule has 5 heteroatoms. The average molecular weight is 309 g/mol. The van der Waals surface area contributed by atoms with E-state index < -0.39 is 10.8 Å². The summed E-state index contributed by atoms with van der Waals surface area (Å²) in [7, 11) is -1.14. The molecule has 3 atom stereocenters. The number of aliphatic hydroxyl groups is 1. The first-order chi connectivity index (χ1) is 10.1. The highest BCUT2D eigenvalue weighted by Crippen LogP contribution is 2.23. The second-order valence-corrected chi connectivity index (χ2v) is 7.24. The molecule has 1 amide bonds. The Kier molecular flexibility index (Phi) is 5.94. The molecule has 0 spiro atoms. The molecule has 21 heavy (non-hydrogen) atoms. The summed E-state index contributed by atoms with van der Waals surface area (Å²) in [6.07, 6.45) is 3.43. The summed E-state index contributed by atoms with van der Waals surface area (Å²) in [6.45, 7) is 2.41. The van der Waals surface area contributed by atoms with Crippen molar-refractivity contribution >= 4 is 16.7 Å². The predicted octanol–water partition coefficient (Wildman–Crippen LogP) is 2.09. The van der Waals surface area contributed by atoms with Crippen LogP contribution in [-0.2, 0) is 10.8 Å². The van der Waals surface area contributed by atoms with E-state index in [1.54, 1.807) is 24.3 Å². The molecule has 0 aliphatic heterocycles. The molecular formula is C16H23NO3S. The second-order valence-electron chi connectivity index (χ2n) is 5.53. The molecule has 1 aromatic carbocycles.